The number of carbonyl (C=O) groups excluding carboxylic acids is 1. The Morgan fingerprint density at radius 1 is 1.17 bits per heavy atom. The zero-order chi connectivity index (χ0) is 17.1. The topological polar surface area (TPSA) is 103 Å². The molecule has 0 spiro atoms. The summed E-state index contributed by atoms with van der Waals surface area (Å²) in [5.74, 6) is 0.669. The van der Waals surface area contributed by atoms with Gasteiger partial charge in [-0.15, -0.1) is 0 Å². The van der Waals surface area contributed by atoms with Crippen molar-refractivity contribution in [1.82, 2.24) is 5.43 Å². The molecule has 0 aromatic heterocycles. The van der Waals surface area contributed by atoms with E-state index in [1.165, 1.54) is 12.1 Å². The fourth-order valence-electron chi connectivity index (χ4n) is 2.15. The van der Waals surface area contributed by atoms with Crippen LogP contribution < -0.4 is 14.9 Å². The van der Waals surface area contributed by atoms with Crippen LogP contribution in [0.1, 0.15) is 22.8 Å². The van der Waals surface area contributed by atoms with Crippen molar-refractivity contribution >= 4 is 17.3 Å². The number of ether oxygens (including phenoxy) is 2. The fourth-order valence-corrected chi connectivity index (χ4v) is 2.15. The van der Waals surface area contributed by atoms with Gasteiger partial charge in [0, 0.05) is 23.3 Å². The third-order valence-electron chi connectivity index (χ3n) is 3.43. The molecule has 2 aromatic carbocycles. The Kier molecular flexibility index (Phi) is 4.11. The predicted molar refractivity (Wildman–Crippen MR) is 85.3 cm³/mol. The molecule has 0 saturated carbocycles. The van der Waals surface area contributed by atoms with Crippen molar-refractivity contribution in [1.29, 1.82) is 0 Å². The summed E-state index contributed by atoms with van der Waals surface area (Å²) in [5, 5.41) is 14.8. The molecular weight excluding hydrogens is 314 g/mol. The minimum absolute atomic E-state index is 0.0378. The molecule has 0 saturated heterocycles. The molecule has 1 heterocycles. The first kappa shape index (κ1) is 15.5. The molecular formula is C16H13N3O5. The van der Waals surface area contributed by atoms with Gasteiger partial charge >= 0.3 is 0 Å². The van der Waals surface area contributed by atoms with Gasteiger partial charge in [-0.25, -0.2) is 5.43 Å². The number of benzene rings is 2. The molecule has 2 aromatic rings. The number of amides is 1. The van der Waals surface area contributed by atoms with Gasteiger partial charge in [0.15, 0.2) is 11.5 Å². The monoisotopic (exact) mass is 327 g/mol. The summed E-state index contributed by atoms with van der Waals surface area (Å²) in [6, 6.07) is 10.8. The van der Waals surface area contributed by atoms with Gasteiger partial charge in [-0.1, -0.05) is 12.1 Å². The predicted octanol–water partition coefficient (Wildman–Crippen LogP) is 2.48. The number of hydrogen-bond donors (Lipinski definition) is 1. The first-order valence-corrected chi connectivity index (χ1v) is 7.04. The molecule has 0 radical (unpaired) electrons. The van der Waals surface area contributed by atoms with E-state index in [1.54, 1.807) is 37.3 Å². The molecule has 1 aliphatic rings. The van der Waals surface area contributed by atoms with E-state index in [1.807, 2.05) is 0 Å². The van der Waals surface area contributed by atoms with Crippen molar-refractivity contribution in [3.8, 4) is 11.5 Å². The first-order valence-electron chi connectivity index (χ1n) is 7.04. The van der Waals surface area contributed by atoms with Crippen molar-refractivity contribution in [2.75, 3.05) is 6.79 Å². The molecule has 0 unspecified atom stereocenters. The second-order valence-corrected chi connectivity index (χ2v) is 5.01. The lowest BCUT2D eigenvalue weighted by molar-refractivity contribution is -0.384. The van der Waals surface area contributed by atoms with E-state index >= 15 is 0 Å². The van der Waals surface area contributed by atoms with Gasteiger partial charge in [-0.3, -0.25) is 14.9 Å². The molecule has 0 aliphatic carbocycles. The highest BCUT2D eigenvalue weighted by Gasteiger charge is 2.16. The number of hydrogen-bond acceptors (Lipinski definition) is 6. The Morgan fingerprint density at radius 2 is 1.96 bits per heavy atom. The molecule has 122 valence electrons. The van der Waals surface area contributed by atoms with E-state index < -0.39 is 10.8 Å². The minimum Gasteiger partial charge on any atom is -0.454 e. The van der Waals surface area contributed by atoms with Crippen LogP contribution in [-0.2, 0) is 0 Å². The van der Waals surface area contributed by atoms with Crippen LogP contribution in [0.25, 0.3) is 0 Å². The lowest BCUT2D eigenvalue weighted by atomic mass is 10.1. The van der Waals surface area contributed by atoms with Crippen molar-refractivity contribution in [3.63, 3.8) is 0 Å². The minimum atomic E-state index is -0.484. The number of nitrogens with zero attached hydrogens (tertiary/aromatic N) is 2. The zero-order valence-electron chi connectivity index (χ0n) is 12.7. The van der Waals surface area contributed by atoms with E-state index in [0.29, 0.717) is 28.3 Å². The van der Waals surface area contributed by atoms with Crippen molar-refractivity contribution < 1.29 is 19.2 Å². The van der Waals surface area contributed by atoms with Crippen LogP contribution in [0.15, 0.2) is 47.6 Å². The van der Waals surface area contributed by atoms with Crippen LogP contribution in [-0.4, -0.2) is 23.3 Å². The average molecular weight is 327 g/mol. The summed E-state index contributed by atoms with van der Waals surface area (Å²) < 4.78 is 10.4. The summed E-state index contributed by atoms with van der Waals surface area (Å²) >= 11 is 0. The van der Waals surface area contributed by atoms with Crippen molar-refractivity contribution in [2.24, 2.45) is 5.10 Å². The lowest BCUT2D eigenvalue weighted by Crippen LogP contribution is -2.19. The Labute approximate surface area is 136 Å². The average Bonchev–Trinajstić information content (AvgIpc) is 3.07. The van der Waals surface area contributed by atoms with Gasteiger partial charge in [-0.05, 0) is 25.1 Å². The molecule has 0 bridgehead atoms. The van der Waals surface area contributed by atoms with Gasteiger partial charge in [0.1, 0.15) is 0 Å². The van der Waals surface area contributed by atoms with Gasteiger partial charge < -0.3 is 9.47 Å². The number of fused-ring (bicyclic) bond motifs is 1. The fraction of sp³-hybridized carbons (Fsp3) is 0.125. The summed E-state index contributed by atoms with van der Waals surface area (Å²) in [4.78, 5) is 22.4. The number of nitrogens with one attached hydrogen (secondary N) is 1. The van der Waals surface area contributed by atoms with Crippen LogP contribution in [0.2, 0.25) is 0 Å². The SMILES string of the molecule is C/C(=N\NC(=O)c1ccc2c(c1)OCO2)c1cccc([N+](=O)[O-])c1. The second kappa shape index (κ2) is 6.37. The molecule has 24 heavy (non-hydrogen) atoms. The summed E-state index contributed by atoms with van der Waals surface area (Å²) in [5.41, 5.74) is 3.76. The maximum absolute atomic E-state index is 12.1. The molecule has 8 heteroatoms. The number of carbonyl (C=O) groups is 1. The lowest BCUT2D eigenvalue weighted by Gasteiger charge is -2.04. The summed E-state index contributed by atoms with van der Waals surface area (Å²) in [6.07, 6.45) is 0. The van der Waals surface area contributed by atoms with E-state index in [-0.39, 0.29) is 12.5 Å². The number of hydrazone groups is 1. The van der Waals surface area contributed by atoms with E-state index in [9.17, 15) is 14.9 Å². The molecule has 1 aliphatic heterocycles. The van der Waals surface area contributed by atoms with Gasteiger partial charge in [0.25, 0.3) is 11.6 Å². The summed E-state index contributed by atoms with van der Waals surface area (Å²) in [7, 11) is 0. The third kappa shape index (κ3) is 3.17. The van der Waals surface area contributed by atoms with E-state index in [2.05, 4.69) is 10.5 Å². The van der Waals surface area contributed by atoms with Crippen molar-refractivity contribution in [3.05, 3.63) is 63.7 Å². The number of non-ortho nitro benzene ring substituents is 1. The first-order chi connectivity index (χ1) is 11.5. The Morgan fingerprint density at radius 3 is 2.75 bits per heavy atom. The quantitative estimate of drug-likeness (QED) is 0.528. The Balaban J connectivity index is 1.73. The smallest absolute Gasteiger partial charge is 0.271 e. The molecule has 0 fully saturated rings. The largest absolute Gasteiger partial charge is 0.454 e. The highest BCUT2D eigenvalue weighted by Crippen LogP contribution is 2.32. The molecule has 8 nitrogen and oxygen atoms in total. The number of nitro groups is 1. The standard InChI is InChI=1S/C16H13N3O5/c1-10(11-3-2-4-13(7-11)19(21)22)17-18-16(20)12-5-6-14-15(8-12)24-9-23-14/h2-8H,9H2,1H3,(H,18,20)/b17-10+. The maximum Gasteiger partial charge on any atom is 0.271 e. The highest BCUT2D eigenvalue weighted by atomic mass is 16.7. The van der Waals surface area contributed by atoms with Crippen LogP contribution in [0.3, 0.4) is 0 Å². The number of nitro benzene ring substituents is 1. The third-order valence-corrected chi connectivity index (χ3v) is 3.43. The van der Waals surface area contributed by atoms with Gasteiger partial charge in [0.2, 0.25) is 6.79 Å². The van der Waals surface area contributed by atoms with E-state index in [0.717, 1.165) is 0 Å². The number of rotatable bonds is 4. The molecule has 1 amide bonds. The molecule has 0 atom stereocenters. The van der Waals surface area contributed by atoms with Gasteiger partial charge in [0.05, 0.1) is 10.6 Å². The molecule has 3 rings (SSSR count). The van der Waals surface area contributed by atoms with Crippen LogP contribution in [0.4, 0.5) is 5.69 Å². The maximum atomic E-state index is 12.1. The Bertz CT molecular complexity index is 847. The zero-order valence-corrected chi connectivity index (χ0v) is 12.7. The van der Waals surface area contributed by atoms with Crippen LogP contribution in [0, 0.1) is 10.1 Å². The Hall–Kier alpha value is -3.42. The summed E-state index contributed by atoms with van der Waals surface area (Å²) in [6.45, 7) is 1.78. The highest BCUT2D eigenvalue weighted by molar-refractivity contribution is 6.01. The normalized spacial score (nSPS) is 12.8. The van der Waals surface area contributed by atoms with Crippen LogP contribution >= 0.6 is 0 Å². The van der Waals surface area contributed by atoms with Gasteiger partial charge in [-0.2, -0.15) is 5.10 Å². The van der Waals surface area contributed by atoms with Crippen molar-refractivity contribution in [2.45, 2.75) is 6.92 Å². The van der Waals surface area contributed by atoms with E-state index in [4.69, 9.17) is 9.47 Å². The molecule has 1 N–H and O–H groups in total. The second-order valence-electron chi connectivity index (χ2n) is 5.01. The van der Waals surface area contributed by atoms with Crippen LogP contribution in [0.5, 0.6) is 11.5 Å².